The van der Waals surface area contributed by atoms with Crippen LogP contribution in [-0.2, 0) is 19.5 Å². The van der Waals surface area contributed by atoms with Crippen LogP contribution in [0.15, 0.2) is 53.5 Å². The Morgan fingerprint density at radius 2 is 2.00 bits per heavy atom. The van der Waals surface area contributed by atoms with Crippen LogP contribution in [0.3, 0.4) is 0 Å². The van der Waals surface area contributed by atoms with Gasteiger partial charge in [0.25, 0.3) is 5.56 Å². The van der Waals surface area contributed by atoms with E-state index >= 15 is 0 Å². The van der Waals surface area contributed by atoms with Crippen LogP contribution in [0.4, 0.5) is 0 Å². The van der Waals surface area contributed by atoms with Crippen molar-refractivity contribution < 1.29 is 0 Å². The maximum atomic E-state index is 12.5. The van der Waals surface area contributed by atoms with E-state index in [-0.39, 0.29) is 5.56 Å². The SMILES string of the molecule is Cc1ccc(-c2nc3c(c(=O)[nH]2)CCN(Cc2ccccn2)C3)cc1. The predicted octanol–water partition coefficient (Wildman–Crippen LogP) is 2.70. The Kier molecular flexibility index (Phi) is 4.15. The van der Waals surface area contributed by atoms with Gasteiger partial charge in [-0.3, -0.25) is 14.7 Å². The highest BCUT2D eigenvalue weighted by Crippen LogP contribution is 2.20. The zero-order valence-corrected chi connectivity index (χ0v) is 14.2. The number of rotatable bonds is 3. The lowest BCUT2D eigenvalue weighted by molar-refractivity contribution is 0.238. The average Bonchev–Trinajstić information content (AvgIpc) is 2.63. The van der Waals surface area contributed by atoms with Crippen molar-refractivity contribution >= 4 is 0 Å². The molecule has 1 aromatic carbocycles. The molecular formula is C20H20N4O. The molecule has 3 heterocycles. The average molecular weight is 332 g/mol. The summed E-state index contributed by atoms with van der Waals surface area (Å²) in [4.78, 5) is 26.8. The van der Waals surface area contributed by atoms with E-state index in [0.29, 0.717) is 12.4 Å². The van der Waals surface area contributed by atoms with Gasteiger partial charge in [0, 0.05) is 37.0 Å². The van der Waals surface area contributed by atoms with Crippen molar-refractivity contribution in [3.8, 4) is 11.4 Å². The molecule has 0 spiro atoms. The predicted molar refractivity (Wildman–Crippen MR) is 97.1 cm³/mol. The maximum Gasteiger partial charge on any atom is 0.254 e. The molecule has 126 valence electrons. The number of nitrogens with one attached hydrogen (secondary N) is 1. The van der Waals surface area contributed by atoms with Crippen LogP contribution in [0, 0.1) is 6.92 Å². The second-order valence-electron chi connectivity index (χ2n) is 6.49. The van der Waals surface area contributed by atoms with Crippen LogP contribution in [0.25, 0.3) is 11.4 Å². The topological polar surface area (TPSA) is 61.9 Å². The fourth-order valence-electron chi connectivity index (χ4n) is 3.20. The van der Waals surface area contributed by atoms with Crippen molar-refractivity contribution in [1.29, 1.82) is 0 Å². The molecule has 0 amide bonds. The summed E-state index contributed by atoms with van der Waals surface area (Å²) in [6.07, 6.45) is 2.53. The fraction of sp³-hybridized carbons (Fsp3) is 0.250. The van der Waals surface area contributed by atoms with E-state index in [9.17, 15) is 4.79 Å². The smallest absolute Gasteiger partial charge is 0.254 e. The third-order valence-corrected chi connectivity index (χ3v) is 4.59. The van der Waals surface area contributed by atoms with Crippen LogP contribution in [0.2, 0.25) is 0 Å². The van der Waals surface area contributed by atoms with Gasteiger partial charge in [-0.2, -0.15) is 0 Å². The van der Waals surface area contributed by atoms with Crippen LogP contribution in [0.5, 0.6) is 0 Å². The number of aromatic amines is 1. The number of pyridine rings is 1. The quantitative estimate of drug-likeness (QED) is 0.801. The Labute approximate surface area is 146 Å². The Hall–Kier alpha value is -2.79. The van der Waals surface area contributed by atoms with Crippen molar-refractivity contribution in [2.45, 2.75) is 26.4 Å². The van der Waals surface area contributed by atoms with Gasteiger partial charge in [0.15, 0.2) is 0 Å². The number of fused-ring (bicyclic) bond motifs is 1. The number of benzene rings is 1. The van der Waals surface area contributed by atoms with Crippen molar-refractivity contribution in [1.82, 2.24) is 19.9 Å². The summed E-state index contributed by atoms with van der Waals surface area (Å²) >= 11 is 0. The van der Waals surface area contributed by atoms with E-state index in [4.69, 9.17) is 4.98 Å². The molecule has 5 heteroatoms. The number of aromatic nitrogens is 3. The molecule has 1 aliphatic heterocycles. The minimum atomic E-state index is -0.0157. The van der Waals surface area contributed by atoms with Gasteiger partial charge in [-0.15, -0.1) is 0 Å². The summed E-state index contributed by atoms with van der Waals surface area (Å²) in [6, 6.07) is 14.0. The summed E-state index contributed by atoms with van der Waals surface area (Å²) in [5.74, 6) is 0.642. The zero-order chi connectivity index (χ0) is 17.2. The Morgan fingerprint density at radius 1 is 1.16 bits per heavy atom. The molecule has 25 heavy (non-hydrogen) atoms. The lowest BCUT2D eigenvalue weighted by Gasteiger charge is -2.27. The molecule has 0 bridgehead atoms. The molecule has 0 aliphatic carbocycles. The molecular weight excluding hydrogens is 312 g/mol. The van der Waals surface area contributed by atoms with Crippen LogP contribution < -0.4 is 5.56 Å². The van der Waals surface area contributed by atoms with Crippen molar-refractivity contribution in [3.05, 3.63) is 81.5 Å². The number of hydrogen-bond acceptors (Lipinski definition) is 4. The number of hydrogen-bond donors (Lipinski definition) is 1. The maximum absolute atomic E-state index is 12.5. The van der Waals surface area contributed by atoms with E-state index in [1.807, 2.05) is 55.6 Å². The van der Waals surface area contributed by atoms with E-state index in [2.05, 4.69) is 14.9 Å². The number of H-pyrrole nitrogens is 1. The summed E-state index contributed by atoms with van der Waals surface area (Å²) in [7, 11) is 0. The highest BCUT2D eigenvalue weighted by Gasteiger charge is 2.21. The number of aryl methyl sites for hydroxylation is 1. The minimum Gasteiger partial charge on any atom is -0.306 e. The highest BCUT2D eigenvalue weighted by atomic mass is 16.1. The Morgan fingerprint density at radius 3 is 2.76 bits per heavy atom. The summed E-state index contributed by atoms with van der Waals surface area (Å²) in [6.45, 7) is 4.34. The monoisotopic (exact) mass is 332 g/mol. The van der Waals surface area contributed by atoms with Crippen LogP contribution >= 0.6 is 0 Å². The van der Waals surface area contributed by atoms with Gasteiger partial charge in [0.1, 0.15) is 5.82 Å². The van der Waals surface area contributed by atoms with Crippen molar-refractivity contribution in [2.24, 2.45) is 0 Å². The van der Waals surface area contributed by atoms with Gasteiger partial charge < -0.3 is 4.98 Å². The molecule has 4 rings (SSSR count). The highest BCUT2D eigenvalue weighted by molar-refractivity contribution is 5.55. The van der Waals surface area contributed by atoms with Gasteiger partial charge in [0.05, 0.1) is 11.4 Å². The van der Waals surface area contributed by atoms with E-state index in [1.54, 1.807) is 0 Å². The molecule has 0 saturated heterocycles. The molecule has 0 atom stereocenters. The van der Waals surface area contributed by atoms with Gasteiger partial charge in [0.2, 0.25) is 0 Å². The number of nitrogens with zero attached hydrogens (tertiary/aromatic N) is 3. The third-order valence-electron chi connectivity index (χ3n) is 4.59. The lowest BCUT2D eigenvalue weighted by Crippen LogP contribution is -2.35. The summed E-state index contributed by atoms with van der Waals surface area (Å²) in [5, 5.41) is 0. The first-order valence-corrected chi connectivity index (χ1v) is 8.50. The zero-order valence-electron chi connectivity index (χ0n) is 14.2. The molecule has 0 radical (unpaired) electrons. The second kappa shape index (κ2) is 6.61. The molecule has 5 nitrogen and oxygen atoms in total. The lowest BCUT2D eigenvalue weighted by atomic mass is 10.1. The first-order chi connectivity index (χ1) is 12.2. The Bertz CT molecular complexity index is 932. The van der Waals surface area contributed by atoms with Gasteiger partial charge in [-0.1, -0.05) is 35.9 Å². The molecule has 1 aliphatic rings. The third kappa shape index (κ3) is 3.37. The summed E-state index contributed by atoms with van der Waals surface area (Å²) < 4.78 is 0. The molecule has 0 saturated carbocycles. The van der Waals surface area contributed by atoms with E-state index in [1.165, 1.54) is 5.56 Å². The van der Waals surface area contributed by atoms with Gasteiger partial charge in [-0.25, -0.2) is 4.98 Å². The van der Waals surface area contributed by atoms with Crippen molar-refractivity contribution in [3.63, 3.8) is 0 Å². The summed E-state index contributed by atoms with van der Waals surface area (Å²) in [5.41, 5.74) is 4.83. The molecule has 0 unspecified atom stereocenters. The Balaban J connectivity index is 1.62. The first kappa shape index (κ1) is 15.7. The van der Waals surface area contributed by atoms with E-state index < -0.39 is 0 Å². The van der Waals surface area contributed by atoms with Crippen LogP contribution in [-0.4, -0.2) is 26.4 Å². The standard InChI is InChI=1S/C20H20N4O/c1-14-5-7-15(8-6-14)19-22-18-13-24(11-9-17(18)20(25)23-19)12-16-4-2-3-10-21-16/h2-8,10H,9,11-13H2,1H3,(H,22,23,25). The molecule has 2 aromatic heterocycles. The van der Waals surface area contributed by atoms with Crippen LogP contribution in [0.1, 0.15) is 22.5 Å². The second-order valence-corrected chi connectivity index (χ2v) is 6.49. The minimum absolute atomic E-state index is 0.0157. The van der Waals surface area contributed by atoms with Gasteiger partial charge >= 0.3 is 0 Å². The van der Waals surface area contributed by atoms with Gasteiger partial charge in [-0.05, 0) is 25.5 Å². The molecule has 0 fully saturated rings. The first-order valence-electron chi connectivity index (χ1n) is 8.50. The van der Waals surface area contributed by atoms with E-state index in [0.717, 1.165) is 42.0 Å². The normalized spacial score (nSPS) is 14.3. The largest absolute Gasteiger partial charge is 0.306 e. The molecule has 3 aromatic rings. The fourth-order valence-corrected chi connectivity index (χ4v) is 3.20. The van der Waals surface area contributed by atoms with Crippen molar-refractivity contribution in [2.75, 3.05) is 6.54 Å². The molecule has 1 N–H and O–H groups in total.